The number of nitrogens with zero attached hydrogens (tertiary/aromatic N) is 2. The molecule has 0 atom stereocenters. The monoisotopic (exact) mass is 240 g/mol. The van der Waals surface area contributed by atoms with Crippen LogP contribution in [0, 0.1) is 0 Å². The van der Waals surface area contributed by atoms with Gasteiger partial charge in [-0.2, -0.15) is 0 Å². The zero-order valence-corrected chi connectivity index (χ0v) is 11.5. The number of hydrogen-bond donors (Lipinski definition) is 0. The SMILES string of the molecule is C=CCN(CC=C)CCOCCN(CC)CC. The summed E-state index contributed by atoms with van der Waals surface area (Å²) in [7, 11) is 0. The summed E-state index contributed by atoms with van der Waals surface area (Å²) in [4.78, 5) is 4.63. The molecule has 0 fully saturated rings. The van der Waals surface area contributed by atoms with Gasteiger partial charge in [0.25, 0.3) is 0 Å². The molecule has 3 nitrogen and oxygen atoms in total. The van der Waals surface area contributed by atoms with Gasteiger partial charge in [-0.1, -0.05) is 26.0 Å². The van der Waals surface area contributed by atoms with Crippen molar-refractivity contribution in [3.63, 3.8) is 0 Å². The van der Waals surface area contributed by atoms with Crippen LogP contribution in [0.5, 0.6) is 0 Å². The fourth-order valence-corrected chi connectivity index (χ4v) is 1.65. The molecule has 0 amide bonds. The minimum absolute atomic E-state index is 0.781. The lowest BCUT2D eigenvalue weighted by molar-refractivity contribution is 0.0902. The zero-order valence-electron chi connectivity index (χ0n) is 11.5. The van der Waals surface area contributed by atoms with Gasteiger partial charge in [-0.15, -0.1) is 13.2 Å². The smallest absolute Gasteiger partial charge is 0.0594 e. The Morgan fingerprint density at radius 2 is 1.35 bits per heavy atom. The Balaban J connectivity index is 3.53. The molecule has 0 N–H and O–H groups in total. The Bertz CT molecular complexity index is 181. The number of hydrogen-bond acceptors (Lipinski definition) is 3. The molecule has 0 aromatic carbocycles. The lowest BCUT2D eigenvalue weighted by Gasteiger charge is -2.20. The molecule has 0 spiro atoms. The van der Waals surface area contributed by atoms with Crippen LogP contribution >= 0.6 is 0 Å². The van der Waals surface area contributed by atoms with Crippen molar-refractivity contribution >= 4 is 0 Å². The summed E-state index contributed by atoms with van der Waals surface area (Å²) in [5.74, 6) is 0. The highest BCUT2D eigenvalue weighted by molar-refractivity contribution is 4.79. The first-order valence-corrected chi connectivity index (χ1v) is 6.52. The molecule has 100 valence electrons. The molecule has 0 unspecified atom stereocenters. The fraction of sp³-hybridized carbons (Fsp3) is 0.714. The molecule has 0 heterocycles. The van der Waals surface area contributed by atoms with Gasteiger partial charge < -0.3 is 9.64 Å². The molecular formula is C14H28N2O. The lowest BCUT2D eigenvalue weighted by atomic mass is 10.4. The summed E-state index contributed by atoms with van der Waals surface area (Å²) in [6, 6.07) is 0. The molecule has 17 heavy (non-hydrogen) atoms. The van der Waals surface area contributed by atoms with Crippen molar-refractivity contribution < 1.29 is 4.74 Å². The van der Waals surface area contributed by atoms with Gasteiger partial charge >= 0.3 is 0 Å². The third-order valence-corrected chi connectivity index (χ3v) is 2.77. The van der Waals surface area contributed by atoms with E-state index in [4.69, 9.17) is 4.74 Å². The molecule has 0 aliphatic heterocycles. The highest BCUT2D eigenvalue weighted by Gasteiger charge is 2.01. The van der Waals surface area contributed by atoms with Crippen molar-refractivity contribution in [2.45, 2.75) is 13.8 Å². The number of likely N-dealkylation sites (N-methyl/N-ethyl adjacent to an activating group) is 1. The Hall–Kier alpha value is -0.640. The molecule has 0 aromatic rings. The van der Waals surface area contributed by atoms with Gasteiger partial charge in [0.2, 0.25) is 0 Å². The van der Waals surface area contributed by atoms with Crippen LogP contribution in [0.2, 0.25) is 0 Å². The van der Waals surface area contributed by atoms with E-state index in [0.29, 0.717) is 0 Å². The standard InChI is InChI=1S/C14H28N2O/c1-5-9-16(10-6-2)12-14-17-13-11-15(7-3)8-4/h5-6H,1-2,7-14H2,3-4H3. The van der Waals surface area contributed by atoms with Crippen LogP contribution in [0.15, 0.2) is 25.3 Å². The van der Waals surface area contributed by atoms with E-state index in [-0.39, 0.29) is 0 Å². The maximum absolute atomic E-state index is 5.64. The minimum atomic E-state index is 0.781. The molecule has 0 bridgehead atoms. The van der Waals surface area contributed by atoms with Crippen molar-refractivity contribution in [2.75, 3.05) is 52.5 Å². The van der Waals surface area contributed by atoms with Crippen molar-refractivity contribution in [1.29, 1.82) is 0 Å². The van der Waals surface area contributed by atoms with Gasteiger partial charge in [-0.25, -0.2) is 0 Å². The molecule has 0 aromatic heterocycles. The molecule has 0 rings (SSSR count). The van der Waals surface area contributed by atoms with Crippen LogP contribution in [0.1, 0.15) is 13.8 Å². The maximum Gasteiger partial charge on any atom is 0.0594 e. The van der Waals surface area contributed by atoms with Crippen molar-refractivity contribution in [3.05, 3.63) is 25.3 Å². The Morgan fingerprint density at radius 1 is 0.882 bits per heavy atom. The second-order valence-electron chi connectivity index (χ2n) is 3.98. The van der Waals surface area contributed by atoms with Gasteiger partial charge in [0.15, 0.2) is 0 Å². The number of ether oxygens (including phenoxy) is 1. The van der Waals surface area contributed by atoms with Crippen LogP contribution in [0.4, 0.5) is 0 Å². The summed E-state index contributed by atoms with van der Waals surface area (Å²) >= 11 is 0. The van der Waals surface area contributed by atoms with Crippen molar-refractivity contribution in [3.8, 4) is 0 Å². The first-order valence-electron chi connectivity index (χ1n) is 6.52. The predicted octanol–water partition coefficient (Wildman–Crippen LogP) is 2.02. The van der Waals surface area contributed by atoms with Crippen molar-refractivity contribution in [2.24, 2.45) is 0 Å². The van der Waals surface area contributed by atoms with Crippen LogP contribution in [-0.4, -0.2) is 62.3 Å². The normalized spacial score (nSPS) is 11.1. The predicted molar refractivity (Wildman–Crippen MR) is 75.4 cm³/mol. The molecular weight excluding hydrogens is 212 g/mol. The van der Waals surface area contributed by atoms with E-state index in [1.807, 2.05) is 12.2 Å². The zero-order chi connectivity index (χ0) is 12.9. The third kappa shape index (κ3) is 9.10. The molecule has 0 aliphatic rings. The highest BCUT2D eigenvalue weighted by atomic mass is 16.5. The second kappa shape index (κ2) is 11.8. The summed E-state index contributed by atoms with van der Waals surface area (Å²) in [5.41, 5.74) is 0. The summed E-state index contributed by atoms with van der Waals surface area (Å²) in [6.07, 6.45) is 3.83. The van der Waals surface area contributed by atoms with Gasteiger partial charge in [0, 0.05) is 26.2 Å². The van der Waals surface area contributed by atoms with Gasteiger partial charge in [-0.3, -0.25) is 4.90 Å². The van der Waals surface area contributed by atoms with Gasteiger partial charge in [-0.05, 0) is 13.1 Å². The third-order valence-electron chi connectivity index (χ3n) is 2.77. The van der Waals surface area contributed by atoms with E-state index in [1.165, 1.54) is 0 Å². The summed E-state index contributed by atoms with van der Waals surface area (Å²) in [5, 5.41) is 0. The van der Waals surface area contributed by atoms with E-state index >= 15 is 0 Å². The summed E-state index contributed by atoms with van der Waals surface area (Å²) < 4.78 is 5.64. The Kier molecular flexibility index (Phi) is 11.4. The lowest BCUT2D eigenvalue weighted by Crippen LogP contribution is -2.30. The first-order chi connectivity index (χ1) is 8.28. The average molecular weight is 240 g/mol. The minimum Gasteiger partial charge on any atom is -0.379 e. The molecule has 0 saturated carbocycles. The van der Waals surface area contributed by atoms with E-state index < -0.39 is 0 Å². The molecule has 0 aliphatic carbocycles. The Morgan fingerprint density at radius 3 is 1.76 bits per heavy atom. The largest absolute Gasteiger partial charge is 0.379 e. The maximum atomic E-state index is 5.64. The molecule has 0 radical (unpaired) electrons. The van der Waals surface area contributed by atoms with Gasteiger partial charge in [0.1, 0.15) is 0 Å². The van der Waals surface area contributed by atoms with Crippen LogP contribution in [0.25, 0.3) is 0 Å². The highest BCUT2D eigenvalue weighted by Crippen LogP contribution is 1.91. The van der Waals surface area contributed by atoms with E-state index in [1.54, 1.807) is 0 Å². The van der Waals surface area contributed by atoms with Crippen LogP contribution in [-0.2, 0) is 4.74 Å². The second-order valence-corrected chi connectivity index (χ2v) is 3.98. The van der Waals surface area contributed by atoms with E-state index in [0.717, 1.165) is 52.5 Å². The quantitative estimate of drug-likeness (QED) is 0.383. The molecule has 3 heteroatoms. The van der Waals surface area contributed by atoms with Crippen molar-refractivity contribution in [1.82, 2.24) is 9.80 Å². The average Bonchev–Trinajstić information content (AvgIpc) is 2.34. The van der Waals surface area contributed by atoms with Gasteiger partial charge in [0.05, 0.1) is 13.2 Å². The summed E-state index contributed by atoms with van der Waals surface area (Å²) in [6.45, 7) is 19.4. The molecule has 0 saturated heterocycles. The van der Waals surface area contributed by atoms with Crippen LogP contribution in [0.3, 0.4) is 0 Å². The Labute approximate surface area is 107 Å². The first kappa shape index (κ1) is 16.4. The van der Waals surface area contributed by atoms with Crippen LogP contribution < -0.4 is 0 Å². The topological polar surface area (TPSA) is 15.7 Å². The van der Waals surface area contributed by atoms with E-state index in [9.17, 15) is 0 Å². The van der Waals surface area contributed by atoms with E-state index in [2.05, 4.69) is 36.8 Å². The fourth-order valence-electron chi connectivity index (χ4n) is 1.65. The number of rotatable bonds is 12.